The maximum atomic E-state index is 9.28. The lowest BCUT2D eigenvalue weighted by molar-refractivity contribution is 0.131. The molecule has 1 aromatic rings. The Morgan fingerprint density at radius 3 is 2.50 bits per heavy atom. The van der Waals surface area contributed by atoms with E-state index in [1.165, 1.54) is 11.1 Å². The summed E-state index contributed by atoms with van der Waals surface area (Å²) in [6.45, 7) is 6.41. The summed E-state index contributed by atoms with van der Waals surface area (Å²) < 4.78 is 5.50. The minimum atomic E-state index is -0.0705. The van der Waals surface area contributed by atoms with Gasteiger partial charge in [0.2, 0.25) is 0 Å². The average Bonchev–Trinajstić information content (AvgIpc) is 3.02. The highest BCUT2D eigenvalue weighted by atomic mass is 127. The van der Waals surface area contributed by atoms with Gasteiger partial charge in [-0.25, -0.2) is 0 Å². The largest absolute Gasteiger partial charge is 0.396 e. The van der Waals surface area contributed by atoms with Crippen LogP contribution in [0.15, 0.2) is 23.2 Å². The van der Waals surface area contributed by atoms with Crippen molar-refractivity contribution >= 4 is 35.6 Å². The second-order valence-electron chi connectivity index (χ2n) is 6.26. The van der Waals surface area contributed by atoms with Crippen molar-refractivity contribution in [2.45, 2.75) is 39.5 Å². The third-order valence-corrected chi connectivity index (χ3v) is 4.66. The Balaban J connectivity index is 0.00000288. The minimum absolute atomic E-state index is 0. The zero-order chi connectivity index (χ0) is 16.7. The van der Waals surface area contributed by atoms with Crippen molar-refractivity contribution in [2.24, 2.45) is 16.1 Å². The molecule has 2 rings (SSSR count). The molecule has 1 aliphatic heterocycles. The first-order chi connectivity index (χ1) is 11.1. The topological polar surface area (TPSA) is 79.9 Å². The molecule has 136 valence electrons. The summed E-state index contributed by atoms with van der Waals surface area (Å²) in [5.74, 6) is 0.435. The second kappa shape index (κ2) is 10.2. The summed E-state index contributed by atoms with van der Waals surface area (Å²) >= 11 is 0. The third kappa shape index (κ3) is 5.32. The highest BCUT2D eigenvalue weighted by Crippen LogP contribution is 2.32. The molecular weight excluding hydrogens is 417 g/mol. The predicted octanol–water partition coefficient (Wildman–Crippen LogP) is 2.95. The molecule has 1 saturated heterocycles. The van der Waals surface area contributed by atoms with E-state index >= 15 is 0 Å². The van der Waals surface area contributed by atoms with E-state index in [1.807, 2.05) is 0 Å². The predicted molar refractivity (Wildman–Crippen MR) is 110 cm³/mol. The second-order valence-corrected chi connectivity index (χ2v) is 6.26. The van der Waals surface area contributed by atoms with E-state index < -0.39 is 0 Å². The van der Waals surface area contributed by atoms with Crippen LogP contribution in [0, 0.1) is 5.41 Å². The van der Waals surface area contributed by atoms with Crippen LogP contribution in [0.1, 0.15) is 37.8 Å². The number of anilines is 1. The smallest absolute Gasteiger partial charge is 0.193 e. The number of aliphatic hydroxyl groups is 1. The van der Waals surface area contributed by atoms with E-state index in [4.69, 9.17) is 10.5 Å². The van der Waals surface area contributed by atoms with Crippen LogP contribution in [0.4, 0.5) is 5.69 Å². The Kier molecular flexibility index (Phi) is 9.01. The monoisotopic (exact) mass is 447 g/mol. The van der Waals surface area contributed by atoms with Gasteiger partial charge in [0.15, 0.2) is 5.96 Å². The van der Waals surface area contributed by atoms with Gasteiger partial charge in [-0.3, -0.25) is 4.99 Å². The number of aryl methyl sites for hydroxylation is 2. The summed E-state index contributed by atoms with van der Waals surface area (Å²) in [7, 11) is 0. The van der Waals surface area contributed by atoms with Crippen LogP contribution < -0.4 is 11.1 Å². The average molecular weight is 447 g/mol. The van der Waals surface area contributed by atoms with Gasteiger partial charge < -0.3 is 20.9 Å². The Bertz CT molecular complexity index is 521. The summed E-state index contributed by atoms with van der Waals surface area (Å²) in [6.07, 6.45) is 3.53. The van der Waals surface area contributed by atoms with Crippen LogP contribution >= 0.6 is 24.0 Å². The number of benzene rings is 1. The van der Waals surface area contributed by atoms with Crippen LogP contribution in [-0.4, -0.2) is 37.4 Å². The fourth-order valence-corrected chi connectivity index (χ4v) is 3.11. The number of nitrogens with one attached hydrogen (secondary N) is 1. The lowest BCUT2D eigenvalue weighted by atomic mass is 9.84. The van der Waals surface area contributed by atoms with Crippen molar-refractivity contribution in [3.8, 4) is 0 Å². The Hall–Kier alpha value is -0.860. The molecule has 0 radical (unpaired) electrons. The summed E-state index contributed by atoms with van der Waals surface area (Å²) in [5, 5.41) is 12.6. The van der Waals surface area contributed by atoms with Crippen molar-refractivity contribution < 1.29 is 9.84 Å². The molecule has 1 aliphatic rings. The van der Waals surface area contributed by atoms with Crippen LogP contribution in [0.25, 0.3) is 0 Å². The molecule has 24 heavy (non-hydrogen) atoms. The molecule has 0 bridgehead atoms. The highest BCUT2D eigenvalue weighted by molar-refractivity contribution is 14.0. The zero-order valence-electron chi connectivity index (χ0n) is 14.7. The van der Waals surface area contributed by atoms with Gasteiger partial charge in [0.1, 0.15) is 0 Å². The molecule has 5 nitrogen and oxygen atoms in total. The molecule has 6 heteroatoms. The normalized spacial score (nSPS) is 20.7. The Morgan fingerprint density at radius 1 is 1.33 bits per heavy atom. The number of aliphatic imine (C=N–C) groups is 1. The van der Waals surface area contributed by atoms with Gasteiger partial charge in [-0.1, -0.05) is 32.0 Å². The molecule has 0 saturated carbocycles. The van der Waals surface area contributed by atoms with Gasteiger partial charge in [0, 0.05) is 24.3 Å². The van der Waals surface area contributed by atoms with E-state index in [2.05, 4.69) is 42.4 Å². The minimum Gasteiger partial charge on any atom is -0.396 e. The molecule has 0 aliphatic carbocycles. The first-order valence-electron chi connectivity index (χ1n) is 8.50. The quantitative estimate of drug-likeness (QED) is 0.341. The number of hydrogen-bond donors (Lipinski definition) is 3. The highest BCUT2D eigenvalue weighted by Gasteiger charge is 2.34. The van der Waals surface area contributed by atoms with Gasteiger partial charge in [-0.2, -0.15) is 0 Å². The number of halogens is 1. The van der Waals surface area contributed by atoms with Crippen molar-refractivity contribution in [1.29, 1.82) is 0 Å². The fraction of sp³-hybridized carbons (Fsp3) is 0.611. The molecule has 4 N–H and O–H groups in total. The number of nitrogens with two attached hydrogens (primary N) is 1. The number of hydrogen-bond acceptors (Lipinski definition) is 3. The first-order valence-corrected chi connectivity index (χ1v) is 8.50. The van der Waals surface area contributed by atoms with Gasteiger partial charge in [0.05, 0.1) is 13.2 Å². The first kappa shape index (κ1) is 21.2. The molecule has 1 unspecified atom stereocenters. The van der Waals surface area contributed by atoms with Gasteiger partial charge in [0.25, 0.3) is 0 Å². The van der Waals surface area contributed by atoms with E-state index in [9.17, 15) is 5.11 Å². The number of guanidine groups is 1. The molecule has 0 spiro atoms. The van der Waals surface area contributed by atoms with E-state index in [-0.39, 0.29) is 36.0 Å². The number of ether oxygens (including phenoxy) is 1. The summed E-state index contributed by atoms with van der Waals surface area (Å²) in [4.78, 5) is 4.54. The Labute approximate surface area is 162 Å². The summed E-state index contributed by atoms with van der Waals surface area (Å²) in [6, 6.07) is 6.32. The number of para-hydroxylation sites is 1. The number of rotatable bonds is 7. The summed E-state index contributed by atoms with van der Waals surface area (Å²) in [5.41, 5.74) is 9.63. The van der Waals surface area contributed by atoms with E-state index in [1.54, 1.807) is 0 Å². The van der Waals surface area contributed by atoms with Gasteiger partial charge >= 0.3 is 0 Å². The van der Waals surface area contributed by atoms with Crippen molar-refractivity contribution in [2.75, 3.05) is 31.7 Å². The maximum Gasteiger partial charge on any atom is 0.193 e. The van der Waals surface area contributed by atoms with Crippen LogP contribution in [0.3, 0.4) is 0 Å². The van der Waals surface area contributed by atoms with Crippen LogP contribution in [-0.2, 0) is 17.6 Å². The van der Waals surface area contributed by atoms with Gasteiger partial charge in [-0.05, 0) is 36.8 Å². The van der Waals surface area contributed by atoms with Crippen molar-refractivity contribution in [3.63, 3.8) is 0 Å². The number of aliphatic hydroxyl groups excluding tert-OH is 1. The van der Waals surface area contributed by atoms with E-state index in [0.29, 0.717) is 25.5 Å². The van der Waals surface area contributed by atoms with Crippen LogP contribution in [0.5, 0.6) is 0 Å². The maximum absolute atomic E-state index is 9.28. The molecule has 0 aromatic heterocycles. The standard InChI is InChI=1S/C18H29N3O2.HI/c1-3-14-6-5-7-15(4-2)16(14)21-17(19)20-12-18(8-10-22)9-11-23-13-18;/h5-7,22H,3-4,8-13H2,1-2H3,(H3,19,20,21);1H. The molecule has 1 atom stereocenters. The third-order valence-electron chi connectivity index (χ3n) is 4.66. The fourth-order valence-electron chi connectivity index (χ4n) is 3.11. The molecular formula is C18H30IN3O2. The zero-order valence-corrected chi connectivity index (χ0v) is 17.0. The Morgan fingerprint density at radius 2 is 2.00 bits per heavy atom. The molecule has 0 amide bonds. The van der Waals surface area contributed by atoms with E-state index in [0.717, 1.165) is 31.6 Å². The number of nitrogens with zero attached hydrogens (tertiary/aromatic N) is 1. The molecule has 1 aromatic carbocycles. The lowest BCUT2D eigenvalue weighted by Crippen LogP contribution is -2.30. The SMILES string of the molecule is CCc1cccc(CC)c1NC(N)=NCC1(CCO)CCOC1.I. The lowest BCUT2D eigenvalue weighted by Gasteiger charge is -2.24. The van der Waals surface area contributed by atoms with Crippen molar-refractivity contribution in [3.05, 3.63) is 29.3 Å². The van der Waals surface area contributed by atoms with Crippen molar-refractivity contribution in [1.82, 2.24) is 0 Å². The van der Waals surface area contributed by atoms with Gasteiger partial charge in [-0.15, -0.1) is 24.0 Å². The van der Waals surface area contributed by atoms with Crippen LogP contribution in [0.2, 0.25) is 0 Å². The molecule has 1 fully saturated rings. The molecule has 1 heterocycles.